The van der Waals surface area contributed by atoms with Gasteiger partial charge >= 0.3 is 0 Å². The first-order valence-electron chi connectivity index (χ1n) is 10.1. The van der Waals surface area contributed by atoms with Crippen molar-refractivity contribution in [3.05, 3.63) is 65.9 Å². The molecule has 1 aromatic heterocycles. The number of nitrogens with one attached hydrogen (secondary N) is 1. The molecule has 30 heavy (non-hydrogen) atoms. The molecule has 0 aliphatic heterocycles. The van der Waals surface area contributed by atoms with Gasteiger partial charge in [0.1, 0.15) is 17.1 Å². The molecular formula is C24H23NO4S. The number of rotatable bonds is 4. The summed E-state index contributed by atoms with van der Waals surface area (Å²) < 4.78 is 40.4. The topological polar surface area (TPSA) is 68.5 Å². The second kappa shape index (κ2) is 7.06. The molecule has 4 aromatic rings. The minimum absolute atomic E-state index is 0.190. The average Bonchev–Trinajstić information content (AvgIpc) is 3.11. The molecule has 1 N–H and O–H groups in total. The second-order valence-electron chi connectivity index (χ2n) is 7.98. The lowest BCUT2D eigenvalue weighted by atomic mass is 9.87. The summed E-state index contributed by atoms with van der Waals surface area (Å²) in [4.78, 5) is 0.190. The van der Waals surface area contributed by atoms with Gasteiger partial charge < -0.3 is 9.15 Å². The van der Waals surface area contributed by atoms with E-state index >= 15 is 0 Å². The predicted octanol–water partition coefficient (Wildman–Crippen LogP) is 5.52. The zero-order valence-electron chi connectivity index (χ0n) is 16.9. The fourth-order valence-corrected chi connectivity index (χ4v) is 5.39. The van der Waals surface area contributed by atoms with Crippen molar-refractivity contribution in [1.82, 2.24) is 0 Å². The Morgan fingerprint density at radius 2 is 1.77 bits per heavy atom. The molecule has 0 fully saturated rings. The maximum Gasteiger partial charge on any atom is 0.261 e. The van der Waals surface area contributed by atoms with E-state index in [2.05, 4.69) is 11.6 Å². The number of methoxy groups -OCH3 is 1. The smallest absolute Gasteiger partial charge is 0.261 e. The SMILES string of the molecule is COc1ccc(S(=O)(=O)Nc2cc3c4c(oc3c3ccccc23)CC[C@H](C)C4)cc1. The van der Waals surface area contributed by atoms with Crippen LogP contribution in [0.1, 0.15) is 24.7 Å². The number of anilines is 1. The van der Waals surface area contributed by atoms with Crippen LogP contribution < -0.4 is 9.46 Å². The van der Waals surface area contributed by atoms with Crippen molar-refractivity contribution in [2.45, 2.75) is 31.1 Å². The van der Waals surface area contributed by atoms with Crippen LogP contribution in [-0.2, 0) is 22.9 Å². The van der Waals surface area contributed by atoms with Crippen LogP contribution in [0.5, 0.6) is 5.75 Å². The third-order valence-corrected chi connectivity index (χ3v) is 7.29. The molecule has 0 unspecified atom stereocenters. The van der Waals surface area contributed by atoms with Crippen molar-refractivity contribution in [1.29, 1.82) is 0 Å². The first-order valence-corrected chi connectivity index (χ1v) is 11.6. The summed E-state index contributed by atoms with van der Waals surface area (Å²) in [5, 5.41) is 2.74. The molecule has 3 aromatic carbocycles. The van der Waals surface area contributed by atoms with Gasteiger partial charge in [0, 0.05) is 28.1 Å². The standard InChI is InChI=1S/C24H23NO4S/c1-15-7-12-23-20(13-15)21-14-22(18-5-3-4-6-19(18)24(21)29-23)25-30(26,27)17-10-8-16(28-2)9-11-17/h3-6,8-11,14-15,25H,7,12-13H2,1-2H3/t15-/m0/s1. The minimum atomic E-state index is -3.75. The number of benzene rings is 3. The molecule has 6 heteroatoms. The van der Waals surface area contributed by atoms with Crippen LogP contribution in [0, 0.1) is 5.92 Å². The Hall–Kier alpha value is -2.99. The van der Waals surface area contributed by atoms with Crippen molar-refractivity contribution >= 4 is 37.5 Å². The molecule has 154 valence electrons. The number of fused-ring (bicyclic) bond motifs is 5. The number of sulfonamides is 1. The van der Waals surface area contributed by atoms with Crippen molar-refractivity contribution in [2.75, 3.05) is 11.8 Å². The highest BCUT2D eigenvalue weighted by atomic mass is 32.2. The van der Waals surface area contributed by atoms with E-state index < -0.39 is 10.0 Å². The quantitative estimate of drug-likeness (QED) is 0.471. The van der Waals surface area contributed by atoms with Crippen LogP contribution in [0.25, 0.3) is 21.7 Å². The van der Waals surface area contributed by atoms with Gasteiger partial charge in [0.2, 0.25) is 0 Å². The van der Waals surface area contributed by atoms with Gasteiger partial charge in [-0.25, -0.2) is 8.42 Å². The Morgan fingerprint density at radius 1 is 1.03 bits per heavy atom. The zero-order chi connectivity index (χ0) is 20.9. The summed E-state index contributed by atoms with van der Waals surface area (Å²) in [6, 6.07) is 16.1. The molecule has 0 saturated heterocycles. The molecule has 1 atom stereocenters. The van der Waals surface area contributed by atoms with Crippen LogP contribution >= 0.6 is 0 Å². The zero-order valence-corrected chi connectivity index (χ0v) is 17.8. The van der Waals surface area contributed by atoms with E-state index in [9.17, 15) is 8.42 Å². The van der Waals surface area contributed by atoms with Gasteiger partial charge in [-0.3, -0.25) is 4.72 Å². The van der Waals surface area contributed by atoms with E-state index in [4.69, 9.17) is 9.15 Å². The van der Waals surface area contributed by atoms with Gasteiger partial charge in [-0.15, -0.1) is 0 Å². The van der Waals surface area contributed by atoms with Gasteiger partial charge in [-0.2, -0.15) is 0 Å². The Morgan fingerprint density at radius 3 is 2.50 bits per heavy atom. The Kier molecular flexibility index (Phi) is 4.47. The summed E-state index contributed by atoms with van der Waals surface area (Å²) in [5.41, 5.74) is 2.62. The Labute approximate surface area is 175 Å². The van der Waals surface area contributed by atoms with Crippen LogP contribution in [-0.4, -0.2) is 15.5 Å². The average molecular weight is 422 g/mol. The molecule has 1 aliphatic carbocycles. The number of aryl methyl sites for hydroxylation is 1. The van der Waals surface area contributed by atoms with Gasteiger partial charge in [-0.1, -0.05) is 31.2 Å². The largest absolute Gasteiger partial charge is 0.497 e. The van der Waals surface area contributed by atoms with E-state index in [0.717, 1.165) is 46.8 Å². The highest BCUT2D eigenvalue weighted by Gasteiger charge is 2.25. The number of hydrogen-bond donors (Lipinski definition) is 1. The lowest BCUT2D eigenvalue weighted by Gasteiger charge is -2.17. The molecule has 0 amide bonds. The van der Waals surface area contributed by atoms with E-state index in [1.165, 1.54) is 5.56 Å². The van der Waals surface area contributed by atoms with Crippen molar-refractivity contribution in [3.63, 3.8) is 0 Å². The monoisotopic (exact) mass is 421 g/mol. The predicted molar refractivity (Wildman–Crippen MR) is 119 cm³/mol. The molecule has 5 rings (SSSR count). The fraction of sp³-hybridized carbons (Fsp3) is 0.250. The Balaban J connectivity index is 1.66. The summed E-state index contributed by atoms with van der Waals surface area (Å²) in [5.74, 6) is 2.23. The minimum Gasteiger partial charge on any atom is -0.497 e. The third kappa shape index (κ3) is 3.12. The van der Waals surface area contributed by atoms with Crippen LogP contribution in [0.4, 0.5) is 5.69 Å². The van der Waals surface area contributed by atoms with Crippen LogP contribution in [0.2, 0.25) is 0 Å². The van der Waals surface area contributed by atoms with E-state index in [1.54, 1.807) is 31.4 Å². The van der Waals surface area contributed by atoms with Crippen molar-refractivity contribution in [3.8, 4) is 5.75 Å². The Bertz CT molecular complexity index is 1350. The second-order valence-corrected chi connectivity index (χ2v) is 9.66. The van der Waals surface area contributed by atoms with Gasteiger partial charge in [0.15, 0.2) is 0 Å². The highest BCUT2D eigenvalue weighted by molar-refractivity contribution is 7.92. The van der Waals surface area contributed by atoms with Gasteiger partial charge in [0.05, 0.1) is 17.7 Å². The lowest BCUT2D eigenvalue weighted by Crippen LogP contribution is -2.13. The summed E-state index contributed by atoms with van der Waals surface area (Å²) in [6.07, 6.45) is 2.99. The molecule has 0 spiro atoms. The maximum absolute atomic E-state index is 13.1. The van der Waals surface area contributed by atoms with E-state index in [1.807, 2.05) is 30.3 Å². The molecule has 0 radical (unpaired) electrons. The van der Waals surface area contributed by atoms with Gasteiger partial charge in [-0.05, 0) is 49.1 Å². The molecule has 0 bridgehead atoms. The summed E-state index contributed by atoms with van der Waals surface area (Å²) in [6.45, 7) is 2.25. The first-order chi connectivity index (χ1) is 14.5. The third-order valence-electron chi connectivity index (χ3n) is 5.91. The number of furan rings is 1. The van der Waals surface area contributed by atoms with Gasteiger partial charge in [0.25, 0.3) is 10.0 Å². The maximum atomic E-state index is 13.1. The number of ether oxygens (including phenoxy) is 1. The highest BCUT2D eigenvalue weighted by Crippen LogP contribution is 2.40. The van der Waals surface area contributed by atoms with Crippen molar-refractivity contribution in [2.24, 2.45) is 5.92 Å². The summed E-state index contributed by atoms with van der Waals surface area (Å²) >= 11 is 0. The molecule has 1 heterocycles. The summed E-state index contributed by atoms with van der Waals surface area (Å²) in [7, 11) is -2.20. The fourth-order valence-electron chi connectivity index (χ4n) is 4.31. The lowest BCUT2D eigenvalue weighted by molar-refractivity contribution is 0.414. The first kappa shape index (κ1) is 19.0. The van der Waals surface area contributed by atoms with E-state index in [0.29, 0.717) is 17.4 Å². The van der Waals surface area contributed by atoms with Crippen LogP contribution in [0.3, 0.4) is 0 Å². The van der Waals surface area contributed by atoms with Crippen molar-refractivity contribution < 1.29 is 17.6 Å². The molecule has 5 nitrogen and oxygen atoms in total. The molecular weight excluding hydrogens is 398 g/mol. The normalized spacial score (nSPS) is 16.5. The number of hydrogen-bond acceptors (Lipinski definition) is 4. The van der Waals surface area contributed by atoms with E-state index in [-0.39, 0.29) is 4.90 Å². The van der Waals surface area contributed by atoms with Crippen LogP contribution in [0.15, 0.2) is 63.9 Å². The molecule has 1 aliphatic rings. The molecule has 0 saturated carbocycles.